The molecule has 0 amide bonds. The lowest BCUT2D eigenvalue weighted by molar-refractivity contribution is 0.194. The highest BCUT2D eigenvalue weighted by atomic mass is 16.5. The fourth-order valence-corrected chi connectivity index (χ4v) is 3.73. The number of phenols is 1. The lowest BCUT2D eigenvalue weighted by Gasteiger charge is -2.37. The van der Waals surface area contributed by atoms with Gasteiger partial charge in [0, 0.05) is 18.4 Å². The summed E-state index contributed by atoms with van der Waals surface area (Å²) in [6, 6.07) is 27.9. The van der Waals surface area contributed by atoms with Crippen molar-refractivity contribution >= 4 is 0 Å². The van der Waals surface area contributed by atoms with Crippen molar-refractivity contribution in [1.29, 1.82) is 0 Å². The van der Waals surface area contributed by atoms with Gasteiger partial charge < -0.3 is 19.9 Å². The third-order valence-electron chi connectivity index (χ3n) is 4.98. The van der Waals surface area contributed by atoms with E-state index in [9.17, 15) is 5.11 Å². The van der Waals surface area contributed by atoms with Crippen molar-refractivity contribution in [2.24, 2.45) is 0 Å². The van der Waals surface area contributed by atoms with Gasteiger partial charge in [0.1, 0.15) is 18.3 Å². The Morgan fingerprint density at radius 3 is 1.86 bits per heavy atom. The molecule has 0 saturated heterocycles. The van der Waals surface area contributed by atoms with Crippen molar-refractivity contribution in [3.05, 3.63) is 126 Å². The normalized spacial score (nSPS) is 13.2. The van der Waals surface area contributed by atoms with Gasteiger partial charge in [-0.3, -0.25) is 0 Å². The quantitative estimate of drug-likeness (QED) is 0.602. The summed E-state index contributed by atoms with van der Waals surface area (Å²) in [5.74, 6) is 0.724. The molecule has 0 spiro atoms. The maximum atomic E-state index is 10.8. The van der Waals surface area contributed by atoms with E-state index in [-0.39, 0.29) is 5.75 Å². The highest BCUT2D eigenvalue weighted by molar-refractivity contribution is 5.42. The Hall–Kier alpha value is -3.66. The largest absolute Gasteiger partial charge is 0.508 e. The molecule has 1 heterocycles. The number of nitrogens with one attached hydrogen (secondary N) is 1. The lowest BCUT2D eigenvalue weighted by Crippen LogP contribution is -2.46. The van der Waals surface area contributed by atoms with Crippen LogP contribution in [0.15, 0.2) is 110 Å². The third-order valence-corrected chi connectivity index (χ3v) is 4.98. The fourth-order valence-electron chi connectivity index (χ4n) is 3.73. The predicted molar refractivity (Wildman–Crippen MR) is 113 cm³/mol. The van der Waals surface area contributed by atoms with Gasteiger partial charge in [-0.2, -0.15) is 0 Å². The minimum absolute atomic E-state index is 0.236. The van der Waals surface area contributed by atoms with Crippen molar-refractivity contribution < 1.29 is 14.6 Å². The molecule has 0 fully saturated rings. The van der Waals surface area contributed by atoms with Crippen LogP contribution in [0.1, 0.15) is 16.7 Å². The Morgan fingerprint density at radius 2 is 1.31 bits per heavy atom. The Kier molecular flexibility index (Phi) is 5.52. The second-order valence-electron chi connectivity index (χ2n) is 7.06. The zero-order chi connectivity index (χ0) is 19.9. The molecule has 29 heavy (non-hydrogen) atoms. The molecule has 3 aromatic rings. The number of phenolic OH excluding ortho intramolecular Hbond substituents is 1. The molecule has 146 valence electrons. The minimum atomic E-state index is -0.658. The fraction of sp³-hybridized carbons (Fsp3) is 0.120. The molecule has 0 saturated carbocycles. The molecule has 0 aromatic heterocycles. The second-order valence-corrected chi connectivity index (χ2v) is 7.06. The van der Waals surface area contributed by atoms with Gasteiger partial charge in [-0.1, -0.05) is 78.9 Å². The predicted octanol–water partition coefficient (Wildman–Crippen LogP) is 4.98. The van der Waals surface area contributed by atoms with Crippen molar-refractivity contribution in [3.8, 4) is 5.75 Å². The minimum Gasteiger partial charge on any atom is -0.508 e. The van der Waals surface area contributed by atoms with Crippen LogP contribution in [0.2, 0.25) is 0 Å². The van der Waals surface area contributed by atoms with Crippen LogP contribution in [0.4, 0.5) is 0 Å². The van der Waals surface area contributed by atoms with Gasteiger partial charge in [-0.05, 0) is 17.2 Å². The Balaban J connectivity index is 1.83. The van der Waals surface area contributed by atoms with Gasteiger partial charge in [0.25, 0.3) is 0 Å². The number of benzene rings is 3. The van der Waals surface area contributed by atoms with Gasteiger partial charge in [0.05, 0.1) is 5.54 Å². The summed E-state index contributed by atoms with van der Waals surface area (Å²) in [5.41, 5.74) is 2.43. The van der Waals surface area contributed by atoms with Crippen LogP contribution in [0.25, 0.3) is 0 Å². The van der Waals surface area contributed by atoms with Crippen LogP contribution in [0.5, 0.6) is 5.75 Å². The molecule has 0 bridgehead atoms. The van der Waals surface area contributed by atoms with E-state index in [4.69, 9.17) is 9.47 Å². The van der Waals surface area contributed by atoms with E-state index in [0.29, 0.717) is 18.7 Å². The van der Waals surface area contributed by atoms with Gasteiger partial charge in [0.2, 0.25) is 5.88 Å². The molecule has 4 nitrogen and oxygen atoms in total. The van der Waals surface area contributed by atoms with Gasteiger partial charge in [-0.15, -0.1) is 0 Å². The SMILES string of the molecule is Oc1ccccc1C(Cc1ccccc1)(Cc1ccccc1)NC1=COC=CO1. The van der Waals surface area contributed by atoms with E-state index >= 15 is 0 Å². The number of rotatable bonds is 7. The van der Waals surface area contributed by atoms with Crippen LogP contribution in [0.3, 0.4) is 0 Å². The Labute approximate surface area is 170 Å². The van der Waals surface area contributed by atoms with E-state index in [2.05, 4.69) is 29.6 Å². The maximum Gasteiger partial charge on any atom is 0.229 e. The standard InChI is InChI=1S/C25H23NO3/c27-23-14-8-7-13-22(23)25(17-20-9-3-1-4-10-20,18-21-11-5-2-6-12-21)26-24-19-28-15-16-29-24/h1-16,19,26-27H,17-18H2. The zero-order valence-electron chi connectivity index (χ0n) is 16.0. The molecule has 0 radical (unpaired) electrons. The van der Waals surface area contributed by atoms with Crippen LogP contribution in [0, 0.1) is 0 Å². The maximum absolute atomic E-state index is 10.8. The van der Waals surface area contributed by atoms with Crippen molar-refractivity contribution in [3.63, 3.8) is 0 Å². The summed E-state index contributed by atoms with van der Waals surface area (Å²) < 4.78 is 10.9. The Morgan fingerprint density at radius 1 is 0.724 bits per heavy atom. The summed E-state index contributed by atoms with van der Waals surface area (Å²) >= 11 is 0. The monoisotopic (exact) mass is 385 g/mol. The molecular weight excluding hydrogens is 362 g/mol. The molecule has 0 aliphatic carbocycles. The molecule has 1 aliphatic heterocycles. The van der Waals surface area contributed by atoms with Crippen molar-refractivity contribution in [1.82, 2.24) is 5.32 Å². The van der Waals surface area contributed by atoms with Crippen LogP contribution < -0.4 is 5.32 Å². The summed E-state index contributed by atoms with van der Waals surface area (Å²) in [4.78, 5) is 0. The first-order valence-corrected chi connectivity index (χ1v) is 9.57. The van der Waals surface area contributed by atoms with E-state index < -0.39 is 5.54 Å². The van der Waals surface area contributed by atoms with Gasteiger partial charge in [-0.25, -0.2) is 0 Å². The number of ether oxygens (including phenoxy) is 2. The highest BCUT2D eigenvalue weighted by Gasteiger charge is 2.36. The molecule has 2 N–H and O–H groups in total. The zero-order valence-corrected chi connectivity index (χ0v) is 16.0. The smallest absolute Gasteiger partial charge is 0.229 e. The molecular formula is C25H23NO3. The summed E-state index contributed by atoms with van der Waals surface area (Å²) in [6.07, 6.45) is 5.78. The molecule has 1 aliphatic rings. The second kappa shape index (κ2) is 8.57. The number of hydrogen-bond donors (Lipinski definition) is 2. The average molecular weight is 385 g/mol. The number of hydrogen-bond acceptors (Lipinski definition) is 4. The molecule has 4 heteroatoms. The van der Waals surface area contributed by atoms with Crippen LogP contribution >= 0.6 is 0 Å². The molecule has 0 atom stereocenters. The summed E-state index contributed by atoms with van der Waals surface area (Å²) in [6.45, 7) is 0. The molecule has 0 unspecified atom stereocenters. The lowest BCUT2D eigenvalue weighted by atomic mass is 9.78. The van der Waals surface area contributed by atoms with Crippen LogP contribution in [-0.4, -0.2) is 5.11 Å². The summed E-state index contributed by atoms with van der Waals surface area (Å²) in [7, 11) is 0. The van der Waals surface area contributed by atoms with E-state index in [1.807, 2.05) is 54.6 Å². The Bertz CT molecular complexity index is 955. The summed E-state index contributed by atoms with van der Waals surface area (Å²) in [5, 5.41) is 14.3. The van der Waals surface area contributed by atoms with E-state index in [1.165, 1.54) is 18.8 Å². The molecule has 4 rings (SSSR count). The third kappa shape index (κ3) is 4.43. The van der Waals surface area contributed by atoms with Crippen molar-refractivity contribution in [2.75, 3.05) is 0 Å². The first-order valence-electron chi connectivity index (χ1n) is 9.57. The van der Waals surface area contributed by atoms with Gasteiger partial charge >= 0.3 is 0 Å². The number of para-hydroxylation sites is 1. The van der Waals surface area contributed by atoms with Crippen LogP contribution in [-0.2, 0) is 27.9 Å². The van der Waals surface area contributed by atoms with Gasteiger partial charge in [0.15, 0.2) is 6.26 Å². The van der Waals surface area contributed by atoms with Crippen molar-refractivity contribution in [2.45, 2.75) is 18.4 Å². The first kappa shape index (κ1) is 18.7. The van der Waals surface area contributed by atoms with E-state index in [0.717, 1.165) is 16.7 Å². The molecule has 3 aromatic carbocycles. The topological polar surface area (TPSA) is 50.7 Å². The average Bonchev–Trinajstić information content (AvgIpc) is 2.76. The number of aromatic hydroxyl groups is 1. The first-order chi connectivity index (χ1) is 14.3. The van der Waals surface area contributed by atoms with E-state index in [1.54, 1.807) is 6.07 Å². The highest BCUT2D eigenvalue weighted by Crippen LogP contribution is 2.36.